The van der Waals surface area contributed by atoms with Gasteiger partial charge in [0.05, 0.1) is 5.56 Å². The van der Waals surface area contributed by atoms with Crippen LogP contribution in [0.3, 0.4) is 0 Å². The van der Waals surface area contributed by atoms with E-state index in [0.29, 0.717) is 5.41 Å². The summed E-state index contributed by atoms with van der Waals surface area (Å²) in [6.45, 7) is 5.75. The minimum absolute atomic E-state index is 0.183. The first-order chi connectivity index (χ1) is 14.6. The lowest BCUT2D eigenvalue weighted by Gasteiger charge is -2.39. The van der Waals surface area contributed by atoms with Gasteiger partial charge in [0.15, 0.2) is 0 Å². The van der Waals surface area contributed by atoms with Crippen molar-refractivity contribution in [2.75, 3.05) is 31.1 Å². The molecule has 31 heavy (non-hydrogen) atoms. The maximum Gasteiger partial charge on any atom is 0.490 e. The average Bonchev–Trinajstić information content (AvgIpc) is 3.39. The number of nitrogens with zero attached hydrogens (tertiary/aromatic N) is 4. The molecule has 2 aliphatic rings. The molecule has 2 aromatic heterocycles. The van der Waals surface area contributed by atoms with Gasteiger partial charge in [-0.05, 0) is 48.6 Å². The third-order valence-corrected chi connectivity index (χ3v) is 6.29. The molecule has 0 radical (unpaired) electrons. The molecule has 0 aromatic carbocycles. The number of hydrogen-bond donors (Lipinski definition) is 1. The first-order valence-electron chi connectivity index (χ1n) is 9.75. The summed E-state index contributed by atoms with van der Waals surface area (Å²) in [6, 6.07) is 1.92. The van der Waals surface area contributed by atoms with Crippen LogP contribution in [0.4, 0.5) is 19.1 Å². The smallest absolute Gasteiger partial charge is 0.475 e. The van der Waals surface area contributed by atoms with Crippen molar-refractivity contribution in [3.63, 3.8) is 0 Å². The van der Waals surface area contributed by atoms with Crippen LogP contribution >= 0.6 is 11.3 Å². The highest BCUT2D eigenvalue weighted by atomic mass is 32.1. The maximum absolute atomic E-state index is 12.5. The van der Waals surface area contributed by atoms with Gasteiger partial charge >= 0.3 is 12.1 Å². The molecule has 11 heteroatoms. The minimum atomic E-state index is -5.08. The lowest BCUT2D eigenvalue weighted by molar-refractivity contribution is -0.192. The lowest BCUT2D eigenvalue weighted by atomic mass is 9.77. The van der Waals surface area contributed by atoms with Gasteiger partial charge < -0.3 is 14.9 Å². The normalized spacial score (nSPS) is 17.9. The van der Waals surface area contributed by atoms with E-state index in [1.54, 1.807) is 11.3 Å². The second kappa shape index (κ2) is 9.21. The number of halogens is 3. The quantitative estimate of drug-likeness (QED) is 0.743. The summed E-state index contributed by atoms with van der Waals surface area (Å²) >= 11 is 1.58. The van der Waals surface area contributed by atoms with Crippen molar-refractivity contribution in [1.82, 2.24) is 14.9 Å². The number of aliphatic carboxylic acids is 1. The first-order valence-corrected chi connectivity index (χ1v) is 10.7. The Kier molecular flexibility index (Phi) is 6.83. The Morgan fingerprint density at radius 3 is 2.23 bits per heavy atom. The number of thiophene rings is 1. The fourth-order valence-electron chi connectivity index (χ4n) is 3.82. The molecular weight excluding hydrogens is 433 g/mol. The highest BCUT2D eigenvalue weighted by Gasteiger charge is 2.42. The SMILES string of the molecule is Cc1cnc(N2CCC3(CCN(C(=O)c4ccsc4)CC3)C2)nc1.O=C(O)C(F)(F)F. The third kappa shape index (κ3) is 5.72. The van der Waals surface area contributed by atoms with E-state index in [-0.39, 0.29) is 5.91 Å². The molecule has 0 unspecified atom stereocenters. The van der Waals surface area contributed by atoms with Gasteiger partial charge in [-0.1, -0.05) is 0 Å². The summed E-state index contributed by atoms with van der Waals surface area (Å²) < 4.78 is 31.7. The van der Waals surface area contributed by atoms with E-state index in [0.717, 1.165) is 56.1 Å². The summed E-state index contributed by atoms with van der Waals surface area (Å²) in [5.41, 5.74) is 2.24. The monoisotopic (exact) mass is 456 g/mol. The molecule has 4 rings (SSSR count). The van der Waals surface area contributed by atoms with E-state index in [2.05, 4.69) is 14.9 Å². The van der Waals surface area contributed by atoms with Crippen LogP contribution in [-0.2, 0) is 4.79 Å². The highest BCUT2D eigenvalue weighted by Crippen LogP contribution is 2.41. The van der Waals surface area contributed by atoms with E-state index in [1.165, 1.54) is 6.42 Å². The van der Waals surface area contributed by atoms with Crippen molar-refractivity contribution in [2.24, 2.45) is 5.41 Å². The molecule has 2 aliphatic heterocycles. The third-order valence-electron chi connectivity index (χ3n) is 5.61. The number of piperidine rings is 1. The van der Waals surface area contributed by atoms with Gasteiger partial charge in [0.1, 0.15) is 0 Å². The van der Waals surface area contributed by atoms with Crippen molar-refractivity contribution in [2.45, 2.75) is 32.4 Å². The number of likely N-dealkylation sites (tertiary alicyclic amines) is 1. The minimum Gasteiger partial charge on any atom is -0.475 e. The summed E-state index contributed by atoms with van der Waals surface area (Å²) in [5, 5.41) is 11.0. The number of carboxylic acid groups (broad SMARTS) is 1. The number of carboxylic acids is 1. The van der Waals surface area contributed by atoms with E-state index in [9.17, 15) is 18.0 Å². The summed E-state index contributed by atoms with van der Waals surface area (Å²) in [6.07, 6.45) is 2.01. The zero-order chi connectivity index (χ0) is 22.6. The zero-order valence-corrected chi connectivity index (χ0v) is 17.7. The Bertz CT molecular complexity index is 895. The Balaban J connectivity index is 0.000000339. The molecule has 1 N–H and O–H groups in total. The number of carbonyl (C=O) groups excluding carboxylic acids is 1. The Hall–Kier alpha value is -2.69. The number of aryl methyl sites for hydroxylation is 1. The molecular formula is C20H23F3N4O3S. The van der Waals surface area contributed by atoms with Gasteiger partial charge in [0.2, 0.25) is 5.95 Å². The number of amides is 1. The van der Waals surface area contributed by atoms with E-state index in [4.69, 9.17) is 9.90 Å². The molecule has 4 heterocycles. The first kappa shape index (κ1) is 23.0. The molecule has 0 saturated carbocycles. The molecule has 2 aromatic rings. The molecule has 2 saturated heterocycles. The highest BCUT2D eigenvalue weighted by molar-refractivity contribution is 7.08. The standard InChI is InChI=1S/C18H22N4OS.C2HF3O2/c1-14-10-19-17(20-11-14)22-8-5-18(13-22)3-6-21(7-4-18)16(23)15-2-9-24-12-15;3-2(4,5)1(6)7/h2,9-12H,3-8,13H2,1H3;(H,6,7). The van der Waals surface area contributed by atoms with E-state index >= 15 is 0 Å². The summed E-state index contributed by atoms with van der Waals surface area (Å²) in [5.74, 6) is -1.73. The second-order valence-electron chi connectivity index (χ2n) is 7.84. The molecule has 1 spiro atoms. The Morgan fingerprint density at radius 1 is 1.13 bits per heavy atom. The molecule has 1 amide bonds. The maximum atomic E-state index is 12.5. The largest absolute Gasteiger partial charge is 0.490 e. The summed E-state index contributed by atoms with van der Waals surface area (Å²) in [7, 11) is 0. The van der Waals surface area contributed by atoms with Crippen molar-refractivity contribution < 1.29 is 27.9 Å². The van der Waals surface area contributed by atoms with Crippen LogP contribution in [0.15, 0.2) is 29.2 Å². The molecule has 2 fully saturated rings. The molecule has 168 valence electrons. The van der Waals surface area contributed by atoms with Crippen LogP contribution in [0.2, 0.25) is 0 Å². The van der Waals surface area contributed by atoms with Gasteiger partial charge in [-0.3, -0.25) is 4.79 Å². The fourth-order valence-corrected chi connectivity index (χ4v) is 4.45. The van der Waals surface area contributed by atoms with Gasteiger partial charge in [-0.25, -0.2) is 14.8 Å². The van der Waals surface area contributed by atoms with Crippen molar-refractivity contribution in [3.8, 4) is 0 Å². The van der Waals surface area contributed by atoms with E-state index in [1.807, 2.05) is 41.0 Å². The van der Waals surface area contributed by atoms with Crippen LogP contribution in [0, 0.1) is 12.3 Å². The predicted octanol–water partition coefficient (Wildman–Crippen LogP) is 3.61. The number of hydrogen-bond acceptors (Lipinski definition) is 6. The van der Waals surface area contributed by atoms with Gasteiger partial charge in [0.25, 0.3) is 5.91 Å². The number of anilines is 1. The van der Waals surface area contributed by atoms with Gasteiger partial charge in [0, 0.05) is 44.0 Å². The number of carbonyl (C=O) groups is 2. The zero-order valence-electron chi connectivity index (χ0n) is 16.9. The second-order valence-corrected chi connectivity index (χ2v) is 8.62. The van der Waals surface area contributed by atoms with Crippen LogP contribution in [0.1, 0.15) is 35.2 Å². The van der Waals surface area contributed by atoms with Crippen LogP contribution < -0.4 is 4.90 Å². The van der Waals surface area contributed by atoms with Crippen molar-refractivity contribution >= 4 is 29.2 Å². The van der Waals surface area contributed by atoms with Crippen LogP contribution in [0.25, 0.3) is 0 Å². The topological polar surface area (TPSA) is 86.6 Å². The van der Waals surface area contributed by atoms with Crippen LogP contribution in [0.5, 0.6) is 0 Å². The van der Waals surface area contributed by atoms with Gasteiger partial charge in [-0.2, -0.15) is 24.5 Å². The van der Waals surface area contributed by atoms with E-state index < -0.39 is 12.1 Å². The molecule has 7 nitrogen and oxygen atoms in total. The molecule has 0 aliphatic carbocycles. The van der Waals surface area contributed by atoms with Gasteiger partial charge in [-0.15, -0.1) is 0 Å². The van der Waals surface area contributed by atoms with Crippen molar-refractivity contribution in [1.29, 1.82) is 0 Å². The Labute approximate surface area is 181 Å². The number of alkyl halides is 3. The number of rotatable bonds is 2. The molecule has 0 bridgehead atoms. The average molecular weight is 456 g/mol. The summed E-state index contributed by atoms with van der Waals surface area (Å²) in [4.78, 5) is 34.6. The Morgan fingerprint density at radius 2 is 1.71 bits per heavy atom. The fraction of sp³-hybridized carbons (Fsp3) is 0.500. The number of aromatic nitrogens is 2. The van der Waals surface area contributed by atoms with Crippen LogP contribution in [-0.4, -0.2) is 64.2 Å². The lowest BCUT2D eigenvalue weighted by Crippen LogP contribution is -2.44. The predicted molar refractivity (Wildman–Crippen MR) is 109 cm³/mol. The van der Waals surface area contributed by atoms with Crippen molar-refractivity contribution in [3.05, 3.63) is 40.3 Å². The molecule has 0 atom stereocenters.